The quantitative estimate of drug-likeness (QED) is 0.856. The number of amidine groups is 1. The van der Waals surface area contributed by atoms with E-state index in [0.29, 0.717) is 10.0 Å². The summed E-state index contributed by atoms with van der Waals surface area (Å²) in [6, 6.07) is 5.11. The second kappa shape index (κ2) is 4.84. The smallest absolute Gasteiger partial charge is 0.161 e. The van der Waals surface area contributed by atoms with E-state index in [2.05, 4.69) is 10.3 Å². The number of fused-ring (bicyclic) bond motifs is 1. The van der Waals surface area contributed by atoms with Crippen molar-refractivity contribution in [2.75, 3.05) is 16.8 Å². The molecule has 4 nitrogen and oxygen atoms in total. The van der Waals surface area contributed by atoms with Crippen LogP contribution in [0.15, 0.2) is 23.2 Å². The fraction of sp³-hybridized carbons (Fsp3) is 0.364. The lowest BCUT2D eigenvalue weighted by molar-refractivity contribution is 0.601. The molecule has 2 aliphatic rings. The van der Waals surface area contributed by atoms with Gasteiger partial charge < -0.3 is 5.32 Å². The third kappa shape index (κ3) is 2.86. The van der Waals surface area contributed by atoms with Crippen molar-refractivity contribution in [3.8, 4) is 0 Å². The van der Waals surface area contributed by atoms with Crippen molar-refractivity contribution >= 4 is 55.7 Å². The van der Waals surface area contributed by atoms with Crippen LogP contribution in [0.5, 0.6) is 0 Å². The average molecular weight is 337 g/mol. The van der Waals surface area contributed by atoms with Crippen LogP contribution >= 0.6 is 35.0 Å². The number of rotatable bonds is 1. The highest BCUT2D eigenvalue weighted by molar-refractivity contribution is 8.15. The molecule has 0 aromatic heterocycles. The van der Waals surface area contributed by atoms with Crippen molar-refractivity contribution in [2.45, 2.75) is 11.3 Å². The molecule has 0 unspecified atom stereocenters. The van der Waals surface area contributed by atoms with Crippen LogP contribution in [-0.2, 0) is 9.84 Å². The first-order chi connectivity index (χ1) is 8.93. The third-order valence-corrected chi connectivity index (χ3v) is 6.87. The van der Waals surface area contributed by atoms with Crippen LogP contribution in [-0.4, -0.2) is 36.4 Å². The van der Waals surface area contributed by atoms with Gasteiger partial charge in [0, 0.05) is 10.9 Å². The van der Waals surface area contributed by atoms with Gasteiger partial charge in [-0.2, -0.15) is 0 Å². The van der Waals surface area contributed by atoms with Crippen LogP contribution in [0, 0.1) is 0 Å². The van der Waals surface area contributed by atoms with Gasteiger partial charge in [0.2, 0.25) is 0 Å². The van der Waals surface area contributed by atoms with Crippen LogP contribution in [0.1, 0.15) is 0 Å². The van der Waals surface area contributed by atoms with E-state index in [4.69, 9.17) is 23.2 Å². The molecular weight excluding hydrogens is 327 g/mol. The van der Waals surface area contributed by atoms with E-state index >= 15 is 0 Å². The standard InChI is InChI=1S/C11H10Cl2N2O2S2/c12-7-2-1-6(3-8(7)13)14-11-15-9-4-19(16,17)5-10(9)18-11/h1-3,9-10H,4-5H2,(H,14,15)/t9-,10-/m1/s1. The van der Waals surface area contributed by atoms with Gasteiger partial charge in [-0.1, -0.05) is 35.0 Å². The molecule has 1 aromatic rings. The Kier molecular flexibility index (Phi) is 3.45. The zero-order valence-electron chi connectivity index (χ0n) is 9.64. The minimum Gasteiger partial charge on any atom is -0.335 e. The van der Waals surface area contributed by atoms with Crippen molar-refractivity contribution in [3.05, 3.63) is 28.2 Å². The van der Waals surface area contributed by atoms with Gasteiger partial charge in [0.1, 0.15) is 0 Å². The lowest BCUT2D eigenvalue weighted by Gasteiger charge is -2.07. The summed E-state index contributed by atoms with van der Waals surface area (Å²) >= 11 is 13.3. The first-order valence-electron chi connectivity index (χ1n) is 5.60. The molecule has 0 bridgehead atoms. The third-order valence-electron chi connectivity index (χ3n) is 2.99. The Bertz CT molecular complexity index is 661. The topological polar surface area (TPSA) is 58.5 Å². The number of nitrogens with zero attached hydrogens (tertiary/aromatic N) is 1. The predicted octanol–water partition coefficient (Wildman–Crippen LogP) is 2.67. The number of hydrogen-bond donors (Lipinski definition) is 1. The number of sulfone groups is 1. The van der Waals surface area contributed by atoms with Gasteiger partial charge in [-0.15, -0.1) is 0 Å². The molecule has 2 heterocycles. The molecule has 0 saturated carbocycles. The molecule has 19 heavy (non-hydrogen) atoms. The van der Waals surface area contributed by atoms with E-state index in [9.17, 15) is 8.42 Å². The van der Waals surface area contributed by atoms with E-state index in [0.717, 1.165) is 10.9 Å². The maximum atomic E-state index is 11.5. The van der Waals surface area contributed by atoms with Crippen LogP contribution in [0.2, 0.25) is 10.0 Å². The summed E-state index contributed by atoms with van der Waals surface area (Å²) in [4.78, 5) is 4.41. The second-order valence-corrected chi connectivity index (χ2v) is 8.68. The number of benzene rings is 1. The minimum atomic E-state index is -2.91. The second-order valence-electron chi connectivity index (χ2n) is 4.49. The largest absolute Gasteiger partial charge is 0.335 e. The maximum absolute atomic E-state index is 11.5. The van der Waals surface area contributed by atoms with Crippen LogP contribution in [0.3, 0.4) is 0 Å². The first kappa shape index (κ1) is 13.5. The SMILES string of the molecule is O=S1(=O)C[C@H]2N=C(Nc3ccc(Cl)c(Cl)c3)S[C@@H]2C1. The van der Waals surface area contributed by atoms with Gasteiger partial charge in [-0.05, 0) is 18.2 Å². The number of thioether (sulfide) groups is 1. The van der Waals surface area contributed by atoms with Gasteiger partial charge in [0.05, 0.1) is 27.6 Å². The fourth-order valence-corrected chi connectivity index (χ4v) is 6.09. The first-order valence-corrected chi connectivity index (χ1v) is 9.06. The molecule has 0 radical (unpaired) electrons. The van der Waals surface area contributed by atoms with E-state index in [1.54, 1.807) is 12.1 Å². The highest BCUT2D eigenvalue weighted by atomic mass is 35.5. The molecule has 0 amide bonds. The number of nitrogens with one attached hydrogen (secondary N) is 1. The highest BCUT2D eigenvalue weighted by Crippen LogP contribution is 2.35. The molecule has 2 atom stereocenters. The summed E-state index contributed by atoms with van der Waals surface area (Å²) in [5, 5.41) is 4.88. The Balaban J connectivity index is 1.74. The van der Waals surface area contributed by atoms with Crippen molar-refractivity contribution in [3.63, 3.8) is 0 Å². The van der Waals surface area contributed by atoms with E-state index < -0.39 is 9.84 Å². The van der Waals surface area contributed by atoms with E-state index in [-0.39, 0.29) is 22.8 Å². The predicted molar refractivity (Wildman–Crippen MR) is 81.3 cm³/mol. The van der Waals surface area contributed by atoms with Crippen LogP contribution < -0.4 is 5.32 Å². The summed E-state index contributed by atoms with van der Waals surface area (Å²) in [6.45, 7) is 0. The highest BCUT2D eigenvalue weighted by Gasteiger charge is 2.42. The summed E-state index contributed by atoms with van der Waals surface area (Å²) < 4.78 is 22.9. The van der Waals surface area contributed by atoms with Gasteiger partial charge in [0.25, 0.3) is 0 Å². The monoisotopic (exact) mass is 336 g/mol. The normalized spacial score (nSPS) is 28.0. The zero-order chi connectivity index (χ0) is 13.6. The van der Waals surface area contributed by atoms with Crippen LogP contribution in [0.25, 0.3) is 0 Å². The number of hydrogen-bond acceptors (Lipinski definition) is 5. The van der Waals surface area contributed by atoms with Crippen molar-refractivity contribution < 1.29 is 8.42 Å². The molecule has 2 aliphatic heterocycles. The molecule has 0 aliphatic carbocycles. The molecule has 1 aromatic carbocycles. The van der Waals surface area contributed by atoms with Gasteiger partial charge in [-0.3, -0.25) is 4.99 Å². The molecule has 1 N–H and O–H groups in total. The van der Waals surface area contributed by atoms with Gasteiger partial charge in [0.15, 0.2) is 15.0 Å². The molecule has 1 fully saturated rings. The minimum absolute atomic E-state index is 0.0373. The Morgan fingerprint density at radius 2 is 2.05 bits per heavy atom. The lowest BCUT2D eigenvalue weighted by atomic mass is 10.3. The molecule has 3 rings (SSSR count). The van der Waals surface area contributed by atoms with E-state index in [1.165, 1.54) is 11.8 Å². The summed E-state index contributed by atoms with van der Waals surface area (Å²) in [7, 11) is -2.91. The van der Waals surface area contributed by atoms with Crippen molar-refractivity contribution in [1.29, 1.82) is 0 Å². The number of anilines is 1. The summed E-state index contributed by atoms with van der Waals surface area (Å²) in [5.41, 5.74) is 0.795. The Labute approximate surface area is 125 Å². The lowest BCUT2D eigenvalue weighted by Crippen LogP contribution is -2.13. The Hall–Kier alpha value is -0.430. The summed E-state index contributed by atoms with van der Waals surface area (Å²) in [5.74, 6) is 0.357. The Morgan fingerprint density at radius 1 is 1.26 bits per heavy atom. The fourth-order valence-electron chi connectivity index (χ4n) is 2.11. The molecule has 102 valence electrons. The van der Waals surface area contributed by atoms with Crippen LogP contribution in [0.4, 0.5) is 5.69 Å². The van der Waals surface area contributed by atoms with Gasteiger partial charge in [-0.25, -0.2) is 8.42 Å². The van der Waals surface area contributed by atoms with Crippen molar-refractivity contribution in [2.24, 2.45) is 4.99 Å². The summed E-state index contributed by atoms with van der Waals surface area (Å²) in [6.07, 6.45) is 0. The zero-order valence-corrected chi connectivity index (χ0v) is 12.8. The number of aliphatic imine (C=N–C) groups is 1. The Morgan fingerprint density at radius 3 is 2.74 bits per heavy atom. The molecular formula is C11H10Cl2N2O2S2. The molecule has 1 saturated heterocycles. The molecule has 8 heteroatoms. The maximum Gasteiger partial charge on any atom is 0.161 e. The van der Waals surface area contributed by atoms with Gasteiger partial charge >= 0.3 is 0 Å². The molecule has 0 spiro atoms. The average Bonchev–Trinajstić information content (AvgIpc) is 2.76. The van der Waals surface area contributed by atoms with E-state index in [1.807, 2.05) is 6.07 Å². The number of halogens is 2. The van der Waals surface area contributed by atoms with Crippen molar-refractivity contribution in [1.82, 2.24) is 0 Å².